The number of aliphatic hydroxyl groups is 2. The highest BCUT2D eigenvalue weighted by atomic mass is 19.1. The van der Waals surface area contributed by atoms with Gasteiger partial charge in [0, 0.05) is 18.2 Å². The molecule has 118 valence electrons. The fourth-order valence-electron chi connectivity index (χ4n) is 2.94. The van der Waals surface area contributed by atoms with E-state index in [0.29, 0.717) is 31.0 Å². The van der Waals surface area contributed by atoms with Crippen molar-refractivity contribution in [1.82, 2.24) is 4.90 Å². The number of hydrogen-bond acceptors (Lipinski definition) is 4. The molecule has 1 fully saturated rings. The molecule has 0 saturated carbocycles. The van der Waals surface area contributed by atoms with Crippen LogP contribution < -0.4 is 0 Å². The van der Waals surface area contributed by atoms with Crippen molar-refractivity contribution in [2.24, 2.45) is 0 Å². The average Bonchev–Trinajstić information content (AvgIpc) is 3.08. The molecule has 3 rings (SSSR count). The van der Waals surface area contributed by atoms with Crippen molar-refractivity contribution < 1.29 is 23.4 Å². The van der Waals surface area contributed by atoms with Gasteiger partial charge in [0.2, 0.25) is 0 Å². The Morgan fingerprint density at radius 2 is 1.95 bits per heavy atom. The van der Waals surface area contributed by atoms with E-state index in [-0.39, 0.29) is 12.2 Å². The summed E-state index contributed by atoms with van der Waals surface area (Å²) in [5.74, 6) is 0.0718. The van der Waals surface area contributed by atoms with Crippen LogP contribution in [0.3, 0.4) is 0 Å². The summed E-state index contributed by atoms with van der Waals surface area (Å²) in [7, 11) is 0. The van der Waals surface area contributed by atoms with Crippen LogP contribution in [0.25, 0.3) is 0 Å². The topological polar surface area (TPSA) is 56.8 Å². The van der Waals surface area contributed by atoms with E-state index in [4.69, 9.17) is 9.52 Å². The van der Waals surface area contributed by atoms with Crippen molar-refractivity contribution in [1.29, 1.82) is 0 Å². The Morgan fingerprint density at radius 3 is 2.68 bits per heavy atom. The fraction of sp³-hybridized carbons (Fsp3) is 0.375. The highest BCUT2D eigenvalue weighted by Crippen LogP contribution is 2.35. The summed E-state index contributed by atoms with van der Waals surface area (Å²) in [6, 6.07) is 6.34. The Bertz CT molecular complexity index is 659. The lowest BCUT2D eigenvalue weighted by atomic mass is 10.0. The van der Waals surface area contributed by atoms with E-state index in [1.54, 1.807) is 12.1 Å². The zero-order valence-electron chi connectivity index (χ0n) is 11.9. The van der Waals surface area contributed by atoms with Crippen molar-refractivity contribution in [3.05, 3.63) is 59.1 Å². The van der Waals surface area contributed by atoms with Crippen LogP contribution in [-0.4, -0.2) is 27.8 Å². The van der Waals surface area contributed by atoms with E-state index in [2.05, 4.69) is 0 Å². The fourth-order valence-corrected chi connectivity index (χ4v) is 2.94. The van der Waals surface area contributed by atoms with Gasteiger partial charge in [-0.15, -0.1) is 0 Å². The molecule has 2 heterocycles. The lowest BCUT2D eigenvalue weighted by molar-refractivity contribution is 0.166. The van der Waals surface area contributed by atoms with Gasteiger partial charge >= 0.3 is 0 Å². The number of rotatable bonds is 4. The largest absolute Gasteiger partial charge is 0.462 e. The SMILES string of the molecule is OCc1ccc(CN2CC(O)CC2c2cc(F)ccc2F)o1. The van der Waals surface area contributed by atoms with Gasteiger partial charge in [-0.1, -0.05) is 0 Å². The molecule has 2 unspecified atom stereocenters. The second-order valence-electron chi connectivity index (χ2n) is 5.53. The number of β-amino-alcohol motifs (C(OH)–C–C–N with tert-alkyl or cyclic N) is 1. The molecule has 1 saturated heterocycles. The second-order valence-corrected chi connectivity index (χ2v) is 5.53. The summed E-state index contributed by atoms with van der Waals surface area (Å²) in [5, 5.41) is 18.9. The van der Waals surface area contributed by atoms with Crippen molar-refractivity contribution in [3.63, 3.8) is 0 Å². The average molecular weight is 309 g/mol. The Morgan fingerprint density at radius 1 is 1.18 bits per heavy atom. The molecular weight excluding hydrogens is 292 g/mol. The van der Waals surface area contributed by atoms with Crippen molar-refractivity contribution in [2.75, 3.05) is 6.54 Å². The molecular formula is C16H17F2NO3. The molecule has 0 bridgehead atoms. The zero-order valence-corrected chi connectivity index (χ0v) is 11.9. The molecule has 4 nitrogen and oxygen atoms in total. The molecule has 1 aliphatic rings. The van der Waals surface area contributed by atoms with Crippen LogP contribution in [0.5, 0.6) is 0 Å². The van der Waals surface area contributed by atoms with Gasteiger partial charge in [0.15, 0.2) is 0 Å². The highest BCUT2D eigenvalue weighted by Gasteiger charge is 2.34. The molecule has 0 spiro atoms. The summed E-state index contributed by atoms with van der Waals surface area (Å²) >= 11 is 0. The number of hydrogen-bond donors (Lipinski definition) is 2. The number of halogens is 2. The normalized spacial score (nSPS) is 22.4. The van der Waals surface area contributed by atoms with E-state index in [1.165, 1.54) is 6.07 Å². The summed E-state index contributed by atoms with van der Waals surface area (Å²) in [6.07, 6.45) is -0.256. The van der Waals surface area contributed by atoms with E-state index >= 15 is 0 Å². The zero-order chi connectivity index (χ0) is 15.7. The number of aliphatic hydroxyl groups excluding tert-OH is 2. The summed E-state index contributed by atoms with van der Waals surface area (Å²) in [5.41, 5.74) is 0.241. The number of likely N-dealkylation sites (tertiary alicyclic amines) is 1. The van der Waals surface area contributed by atoms with Crippen molar-refractivity contribution in [3.8, 4) is 0 Å². The van der Waals surface area contributed by atoms with Gasteiger partial charge in [-0.2, -0.15) is 0 Å². The first-order chi connectivity index (χ1) is 10.6. The van der Waals surface area contributed by atoms with Crippen LogP contribution in [0.4, 0.5) is 8.78 Å². The van der Waals surface area contributed by atoms with Gasteiger partial charge in [0.05, 0.1) is 12.6 Å². The van der Waals surface area contributed by atoms with Crippen LogP contribution in [-0.2, 0) is 13.2 Å². The minimum absolute atomic E-state index is 0.190. The van der Waals surface area contributed by atoms with Crippen LogP contribution in [0.1, 0.15) is 29.5 Å². The standard InChI is InChI=1S/C16H17F2NO3/c17-10-1-4-15(18)14(5-10)16-6-11(21)7-19(16)8-12-2-3-13(9-20)22-12/h1-5,11,16,20-21H,6-9H2. The Balaban J connectivity index is 1.84. The molecule has 2 aromatic rings. The lowest BCUT2D eigenvalue weighted by Gasteiger charge is -2.23. The first-order valence-corrected chi connectivity index (χ1v) is 7.12. The van der Waals surface area contributed by atoms with E-state index in [9.17, 15) is 13.9 Å². The first kappa shape index (κ1) is 15.1. The second kappa shape index (κ2) is 6.16. The first-order valence-electron chi connectivity index (χ1n) is 7.12. The predicted octanol–water partition coefficient (Wildman–Crippen LogP) is 2.36. The van der Waals surface area contributed by atoms with Crippen LogP contribution >= 0.6 is 0 Å². The van der Waals surface area contributed by atoms with E-state index in [0.717, 1.165) is 12.1 Å². The third-order valence-electron chi connectivity index (χ3n) is 3.93. The molecule has 2 N–H and O–H groups in total. The maximum absolute atomic E-state index is 14.0. The van der Waals surface area contributed by atoms with Gasteiger partial charge in [-0.05, 0) is 36.8 Å². The molecule has 22 heavy (non-hydrogen) atoms. The smallest absolute Gasteiger partial charge is 0.129 e. The molecule has 0 aliphatic carbocycles. The molecule has 1 aliphatic heterocycles. The van der Waals surface area contributed by atoms with Crippen LogP contribution in [0.15, 0.2) is 34.7 Å². The third kappa shape index (κ3) is 3.04. The van der Waals surface area contributed by atoms with Gasteiger partial charge in [-0.3, -0.25) is 4.90 Å². The Labute approximate surface area is 126 Å². The number of nitrogens with zero attached hydrogens (tertiary/aromatic N) is 1. The molecule has 1 aromatic heterocycles. The number of furan rings is 1. The van der Waals surface area contributed by atoms with Gasteiger partial charge in [-0.25, -0.2) is 8.78 Å². The quantitative estimate of drug-likeness (QED) is 0.910. The molecule has 0 radical (unpaired) electrons. The summed E-state index contributed by atoms with van der Waals surface area (Å²) in [6.45, 7) is 0.526. The Hall–Kier alpha value is -1.76. The van der Waals surface area contributed by atoms with Crippen molar-refractivity contribution in [2.45, 2.75) is 31.7 Å². The maximum atomic E-state index is 14.0. The molecule has 0 amide bonds. The van der Waals surface area contributed by atoms with Gasteiger partial charge in [0.25, 0.3) is 0 Å². The minimum Gasteiger partial charge on any atom is -0.462 e. The molecule has 6 heteroatoms. The van der Waals surface area contributed by atoms with Crippen LogP contribution in [0.2, 0.25) is 0 Å². The molecule has 2 atom stereocenters. The minimum atomic E-state index is -0.597. The molecule has 1 aromatic carbocycles. The number of benzene rings is 1. The summed E-state index contributed by atoms with van der Waals surface area (Å²) < 4.78 is 32.8. The van der Waals surface area contributed by atoms with E-state index < -0.39 is 23.8 Å². The lowest BCUT2D eigenvalue weighted by Crippen LogP contribution is -2.24. The van der Waals surface area contributed by atoms with Gasteiger partial charge < -0.3 is 14.6 Å². The van der Waals surface area contributed by atoms with Gasteiger partial charge in [0.1, 0.15) is 29.8 Å². The summed E-state index contributed by atoms with van der Waals surface area (Å²) in [4.78, 5) is 1.85. The third-order valence-corrected chi connectivity index (χ3v) is 3.93. The Kier molecular flexibility index (Phi) is 4.24. The van der Waals surface area contributed by atoms with Crippen LogP contribution in [0, 0.1) is 11.6 Å². The predicted molar refractivity (Wildman–Crippen MR) is 74.8 cm³/mol. The van der Waals surface area contributed by atoms with Crippen molar-refractivity contribution >= 4 is 0 Å². The monoisotopic (exact) mass is 309 g/mol. The highest BCUT2D eigenvalue weighted by molar-refractivity contribution is 5.24. The van der Waals surface area contributed by atoms with E-state index in [1.807, 2.05) is 4.90 Å². The maximum Gasteiger partial charge on any atom is 0.129 e.